The van der Waals surface area contributed by atoms with Gasteiger partial charge in [-0.05, 0) is 6.07 Å². The summed E-state index contributed by atoms with van der Waals surface area (Å²) < 4.78 is 3.85. The minimum atomic E-state index is -0.900. The van der Waals surface area contributed by atoms with Crippen LogP contribution in [0.5, 0.6) is 0 Å². The molecule has 120 valence electrons. The molecule has 3 aromatic rings. The predicted molar refractivity (Wildman–Crippen MR) is 86.6 cm³/mol. The van der Waals surface area contributed by atoms with Gasteiger partial charge in [-0.15, -0.1) is 0 Å². The number of aromatic nitrogens is 4. The lowest BCUT2D eigenvalue weighted by molar-refractivity contribution is 0.158. The number of aryl methyl sites for hydroxylation is 1. The van der Waals surface area contributed by atoms with E-state index in [1.54, 1.807) is 31.3 Å². The van der Waals surface area contributed by atoms with Crippen LogP contribution in [0.25, 0.3) is 11.2 Å². The van der Waals surface area contributed by atoms with Gasteiger partial charge < -0.3 is 9.67 Å². The Bertz CT molecular complexity index is 1000. The SMILES string of the molecule is Cn1c(=O)c2c(ncn2C[C@H](O)c2ccccc2Cl)n(C)c1=O. The highest BCUT2D eigenvalue weighted by atomic mass is 35.5. The zero-order valence-corrected chi connectivity index (χ0v) is 13.4. The summed E-state index contributed by atoms with van der Waals surface area (Å²) in [4.78, 5) is 28.4. The van der Waals surface area contributed by atoms with Crippen LogP contribution in [0.15, 0.2) is 40.2 Å². The lowest BCUT2D eigenvalue weighted by atomic mass is 10.1. The molecule has 0 saturated heterocycles. The molecule has 2 heterocycles. The first-order valence-electron chi connectivity index (χ1n) is 6.95. The van der Waals surface area contributed by atoms with Crippen molar-refractivity contribution in [3.8, 4) is 0 Å². The van der Waals surface area contributed by atoms with Crippen LogP contribution in [0.2, 0.25) is 5.02 Å². The van der Waals surface area contributed by atoms with Gasteiger partial charge in [0, 0.05) is 24.7 Å². The molecule has 0 aliphatic heterocycles. The molecule has 0 saturated carbocycles. The van der Waals surface area contributed by atoms with E-state index in [9.17, 15) is 14.7 Å². The highest BCUT2D eigenvalue weighted by Gasteiger charge is 2.18. The molecule has 0 unspecified atom stereocenters. The summed E-state index contributed by atoms with van der Waals surface area (Å²) in [6.45, 7) is 0.105. The van der Waals surface area contributed by atoms with Crippen molar-refractivity contribution in [2.45, 2.75) is 12.6 Å². The van der Waals surface area contributed by atoms with Crippen molar-refractivity contribution in [2.75, 3.05) is 0 Å². The van der Waals surface area contributed by atoms with Gasteiger partial charge in [0.2, 0.25) is 0 Å². The fraction of sp³-hybridized carbons (Fsp3) is 0.267. The molecule has 0 aliphatic rings. The van der Waals surface area contributed by atoms with E-state index in [-0.39, 0.29) is 17.7 Å². The van der Waals surface area contributed by atoms with E-state index >= 15 is 0 Å². The van der Waals surface area contributed by atoms with Crippen LogP contribution in [0, 0.1) is 0 Å². The first-order valence-corrected chi connectivity index (χ1v) is 7.33. The normalized spacial score (nSPS) is 12.7. The highest BCUT2D eigenvalue weighted by Crippen LogP contribution is 2.24. The van der Waals surface area contributed by atoms with Crippen molar-refractivity contribution in [2.24, 2.45) is 14.1 Å². The maximum absolute atomic E-state index is 12.3. The number of benzene rings is 1. The minimum Gasteiger partial charge on any atom is -0.386 e. The smallest absolute Gasteiger partial charge is 0.332 e. The fourth-order valence-electron chi connectivity index (χ4n) is 2.57. The Labute approximate surface area is 136 Å². The summed E-state index contributed by atoms with van der Waals surface area (Å²) in [6, 6.07) is 6.96. The number of aliphatic hydroxyl groups excluding tert-OH is 1. The zero-order chi connectivity index (χ0) is 16.7. The average Bonchev–Trinajstić information content (AvgIpc) is 2.95. The molecule has 0 fully saturated rings. The van der Waals surface area contributed by atoms with Crippen LogP contribution in [-0.4, -0.2) is 23.8 Å². The molecular weight excluding hydrogens is 320 g/mol. The second kappa shape index (κ2) is 5.68. The number of aliphatic hydroxyl groups is 1. The van der Waals surface area contributed by atoms with E-state index < -0.39 is 17.4 Å². The predicted octanol–water partition coefficient (Wildman–Crippen LogP) is 0.821. The van der Waals surface area contributed by atoms with Gasteiger partial charge in [0.25, 0.3) is 5.56 Å². The molecule has 0 spiro atoms. The van der Waals surface area contributed by atoms with Gasteiger partial charge in [0.1, 0.15) is 0 Å². The Kier molecular flexibility index (Phi) is 3.83. The molecule has 8 heteroatoms. The lowest BCUT2D eigenvalue weighted by Crippen LogP contribution is -2.37. The number of rotatable bonds is 3. The van der Waals surface area contributed by atoms with E-state index in [1.807, 2.05) is 0 Å². The zero-order valence-electron chi connectivity index (χ0n) is 12.6. The molecule has 0 amide bonds. The quantitative estimate of drug-likeness (QED) is 0.769. The van der Waals surface area contributed by atoms with E-state index in [1.165, 1.54) is 22.5 Å². The average molecular weight is 335 g/mol. The third-order valence-corrected chi connectivity index (χ3v) is 4.20. The van der Waals surface area contributed by atoms with Crippen molar-refractivity contribution < 1.29 is 5.11 Å². The summed E-state index contributed by atoms with van der Waals surface area (Å²) in [7, 11) is 2.96. The first kappa shape index (κ1) is 15.5. The van der Waals surface area contributed by atoms with Crippen LogP contribution in [-0.2, 0) is 20.6 Å². The Balaban J connectivity index is 2.10. The Morgan fingerprint density at radius 1 is 1.22 bits per heavy atom. The van der Waals surface area contributed by atoms with E-state index in [0.29, 0.717) is 10.6 Å². The molecular formula is C15H15ClN4O3. The molecule has 1 aromatic carbocycles. The fourth-order valence-corrected chi connectivity index (χ4v) is 2.83. The van der Waals surface area contributed by atoms with Gasteiger partial charge in [-0.2, -0.15) is 0 Å². The van der Waals surface area contributed by atoms with Gasteiger partial charge in [-0.1, -0.05) is 29.8 Å². The Morgan fingerprint density at radius 3 is 2.61 bits per heavy atom. The molecule has 1 atom stereocenters. The van der Waals surface area contributed by atoms with Crippen LogP contribution in [0.3, 0.4) is 0 Å². The maximum Gasteiger partial charge on any atom is 0.332 e. The van der Waals surface area contributed by atoms with Gasteiger partial charge in [0.15, 0.2) is 11.2 Å². The lowest BCUT2D eigenvalue weighted by Gasteiger charge is -2.14. The molecule has 1 N–H and O–H groups in total. The molecule has 3 rings (SSSR count). The topological polar surface area (TPSA) is 82.0 Å². The van der Waals surface area contributed by atoms with Gasteiger partial charge in [0.05, 0.1) is 19.0 Å². The minimum absolute atomic E-state index is 0.105. The highest BCUT2D eigenvalue weighted by molar-refractivity contribution is 6.31. The summed E-state index contributed by atoms with van der Waals surface area (Å²) in [5, 5.41) is 10.9. The number of nitrogens with zero attached hydrogens (tertiary/aromatic N) is 4. The molecule has 2 aromatic heterocycles. The molecule has 0 radical (unpaired) electrons. The second-order valence-electron chi connectivity index (χ2n) is 5.31. The number of hydrogen-bond acceptors (Lipinski definition) is 4. The first-order chi connectivity index (χ1) is 10.9. The van der Waals surface area contributed by atoms with Gasteiger partial charge >= 0.3 is 5.69 Å². The van der Waals surface area contributed by atoms with Crippen molar-refractivity contribution in [1.29, 1.82) is 0 Å². The van der Waals surface area contributed by atoms with Crippen LogP contribution in [0.1, 0.15) is 11.7 Å². The maximum atomic E-state index is 12.3. The van der Waals surface area contributed by atoms with Crippen molar-refractivity contribution in [3.63, 3.8) is 0 Å². The standard InChI is InChI=1S/C15H15ClN4O3/c1-18-13-12(14(22)19(2)15(18)23)20(8-17-13)7-11(21)9-5-3-4-6-10(9)16/h3-6,8,11,21H,7H2,1-2H3/t11-/m0/s1. The monoisotopic (exact) mass is 334 g/mol. The van der Waals surface area contributed by atoms with Crippen molar-refractivity contribution in [3.05, 3.63) is 62.0 Å². The van der Waals surface area contributed by atoms with Crippen molar-refractivity contribution >= 4 is 22.8 Å². The summed E-state index contributed by atoms with van der Waals surface area (Å²) >= 11 is 6.08. The van der Waals surface area contributed by atoms with Crippen molar-refractivity contribution in [1.82, 2.24) is 18.7 Å². The molecule has 0 bridgehead atoms. The van der Waals surface area contributed by atoms with Crippen LogP contribution in [0.4, 0.5) is 0 Å². The summed E-state index contributed by atoms with van der Waals surface area (Å²) in [5.74, 6) is 0. The van der Waals surface area contributed by atoms with Crippen LogP contribution < -0.4 is 11.2 Å². The third kappa shape index (κ3) is 2.47. The van der Waals surface area contributed by atoms with E-state index in [2.05, 4.69) is 4.98 Å². The molecule has 7 nitrogen and oxygen atoms in total. The summed E-state index contributed by atoms with van der Waals surface area (Å²) in [6.07, 6.45) is 0.536. The largest absolute Gasteiger partial charge is 0.386 e. The number of fused-ring (bicyclic) bond motifs is 1. The number of halogens is 1. The van der Waals surface area contributed by atoms with Crippen LogP contribution >= 0.6 is 11.6 Å². The molecule has 23 heavy (non-hydrogen) atoms. The Hall–Kier alpha value is -2.38. The second-order valence-corrected chi connectivity index (χ2v) is 5.72. The van der Waals surface area contributed by atoms with E-state index in [0.717, 1.165) is 4.57 Å². The van der Waals surface area contributed by atoms with Gasteiger partial charge in [-0.3, -0.25) is 13.9 Å². The molecule has 0 aliphatic carbocycles. The summed E-state index contributed by atoms with van der Waals surface area (Å²) in [5.41, 5.74) is 0.217. The Morgan fingerprint density at radius 2 is 1.91 bits per heavy atom. The van der Waals surface area contributed by atoms with E-state index in [4.69, 9.17) is 11.6 Å². The number of hydrogen-bond donors (Lipinski definition) is 1. The number of imidazole rings is 1. The van der Waals surface area contributed by atoms with Gasteiger partial charge in [-0.25, -0.2) is 9.78 Å². The third-order valence-electron chi connectivity index (χ3n) is 3.85.